The Labute approximate surface area is 69.2 Å². The molecular weight excluding hydrogens is 160 g/mol. The van der Waals surface area contributed by atoms with E-state index in [9.17, 15) is 4.79 Å². The zero-order valence-corrected chi connectivity index (χ0v) is 6.89. The first-order chi connectivity index (χ1) is 5.36. The standard InChI is InChI=1S/C7H8N2OS/c1-11-7-4-6(9-5-10)2-3-8-7/h2-5H,1H3,(H,8,9,10). The summed E-state index contributed by atoms with van der Waals surface area (Å²) in [5.41, 5.74) is 0.777. The third-order valence-corrected chi connectivity index (χ3v) is 1.81. The van der Waals surface area contributed by atoms with E-state index in [4.69, 9.17) is 0 Å². The first-order valence-corrected chi connectivity index (χ1v) is 4.29. The maximum absolute atomic E-state index is 10.0. The van der Waals surface area contributed by atoms with Gasteiger partial charge in [-0.05, 0) is 18.4 Å². The summed E-state index contributed by atoms with van der Waals surface area (Å²) < 4.78 is 0. The van der Waals surface area contributed by atoms with Crippen LogP contribution in [0, 0.1) is 0 Å². The molecule has 1 aromatic heterocycles. The van der Waals surface area contributed by atoms with Crippen molar-refractivity contribution in [3.63, 3.8) is 0 Å². The van der Waals surface area contributed by atoms with Gasteiger partial charge in [0.15, 0.2) is 0 Å². The molecule has 0 unspecified atom stereocenters. The van der Waals surface area contributed by atoms with Crippen molar-refractivity contribution in [1.29, 1.82) is 0 Å². The van der Waals surface area contributed by atoms with Gasteiger partial charge < -0.3 is 5.32 Å². The average molecular weight is 168 g/mol. The molecule has 1 rings (SSSR count). The molecular formula is C7H8N2OS. The van der Waals surface area contributed by atoms with Crippen LogP contribution in [0.5, 0.6) is 0 Å². The van der Waals surface area contributed by atoms with E-state index in [2.05, 4.69) is 10.3 Å². The number of anilines is 1. The fraction of sp³-hybridized carbons (Fsp3) is 0.143. The van der Waals surface area contributed by atoms with Crippen LogP contribution in [0.3, 0.4) is 0 Å². The molecule has 0 fully saturated rings. The molecule has 0 spiro atoms. The summed E-state index contributed by atoms with van der Waals surface area (Å²) in [6, 6.07) is 3.56. The molecule has 58 valence electrons. The summed E-state index contributed by atoms with van der Waals surface area (Å²) in [5, 5.41) is 3.45. The van der Waals surface area contributed by atoms with Crippen LogP contribution in [0.15, 0.2) is 23.4 Å². The van der Waals surface area contributed by atoms with E-state index in [0.717, 1.165) is 10.7 Å². The number of carbonyl (C=O) groups excluding carboxylic acids is 1. The zero-order valence-electron chi connectivity index (χ0n) is 6.07. The molecule has 0 bridgehead atoms. The highest BCUT2D eigenvalue weighted by atomic mass is 32.2. The van der Waals surface area contributed by atoms with Gasteiger partial charge in [-0.25, -0.2) is 4.98 Å². The van der Waals surface area contributed by atoms with Gasteiger partial charge in [0.1, 0.15) is 0 Å². The maximum Gasteiger partial charge on any atom is 0.211 e. The number of pyridine rings is 1. The Kier molecular flexibility index (Phi) is 2.92. The number of hydrogen-bond donors (Lipinski definition) is 1. The Morgan fingerprint density at radius 2 is 2.55 bits per heavy atom. The topological polar surface area (TPSA) is 42.0 Å². The number of nitrogens with zero attached hydrogens (tertiary/aromatic N) is 1. The molecule has 3 nitrogen and oxygen atoms in total. The van der Waals surface area contributed by atoms with Crippen molar-refractivity contribution in [2.45, 2.75) is 5.03 Å². The van der Waals surface area contributed by atoms with E-state index in [0.29, 0.717) is 6.41 Å². The van der Waals surface area contributed by atoms with Crippen LogP contribution >= 0.6 is 11.8 Å². The third kappa shape index (κ3) is 2.23. The summed E-state index contributed by atoms with van der Waals surface area (Å²) in [5.74, 6) is 0. The van der Waals surface area contributed by atoms with Crippen molar-refractivity contribution in [3.8, 4) is 0 Å². The van der Waals surface area contributed by atoms with E-state index in [1.807, 2.05) is 12.3 Å². The van der Waals surface area contributed by atoms with Crippen molar-refractivity contribution >= 4 is 23.9 Å². The van der Waals surface area contributed by atoms with Crippen molar-refractivity contribution in [2.24, 2.45) is 0 Å². The first kappa shape index (κ1) is 8.07. The third-order valence-electron chi connectivity index (χ3n) is 1.17. The minimum atomic E-state index is 0.652. The van der Waals surface area contributed by atoms with E-state index in [1.165, 1.54) is 0 Å². The molecule has 0 saturated carbocycles. The summed E-state index contributed by atoms with van der Waals surface area (Å²) in [7, 11) is 0. The molecule has 1 aromatic rings. The van der Waals surface area contributed by atoms with Gasteiger partial charge in [0.05, 0.1) is 5.03 Å². The highest BCUT2D eigenvalue weighted by Gasteiger charge is 1.92. The molecule has 1 heterocycles. The van der Waals surface area contributed by atoms with Crippen LogP contribution in [-0.2, 0) is 4.79 Å². The highest BCUT2D eigenvalue weighted by Crippen LogP contribution is 2.14. The second-order valence-corrected chi connectivity index (χ2v) is 2.68. The Balaban J connectivity index is 2.82. The van der Waals surface area contributed by atoms with Crippen molar-refractivity contribution in [1.82, 2.24) is 4.98 Å². The Hall–Kier alpha value is -1.03. The molecule has 0 radical (unpaired) electrons. The van der Waals surface area contributed by atoms with Crippen molar-refractivity contribution in [3.05, 3.63) is 18.3 Å². The molecule has 1 amide bonds. The summed E-state index contributed by atoms with van der Waals surface area (Å²) in [4.78, 5) is 14.1. The predicted molar refractivity (Wildman–Crippen MR) is 45.7 cm³/mol. The van der Waals surface area contributed by atoms with E-state index in [-0.39, 0.29) is 0 Å². The second-order valence-electron chi connectivity index (χ2n) is 1.85. The van der Waals surface area contributed by atoms with Crippen molar-refractivity contribution < 1.29 is 4.79 Å². The number of hydrogen-bond acceptors (Lipinski definition) is 3. The predicted octanol–water partition coefficient (Wildman–Crippen LogP) is 1.37. The molecule has 0 saturated heterocycles. The number of carbonyl (C=O) groups is 1. The van der Waals surface area contributed by atoms with Gasteiger partial charge in [0, 0.05) is 11.9 Å². The monoisotopic (exact) mass is 168 g/mol. The molecule has 11 heavy (non-hydrogen) atoms. The van der Waals surface area contributed by atoms with Gasteiger partial charge in [0.25, 0.3) is 0 Å². The summed E-state index contributed by atoms with van der Waals surface area (Å²) in [6.45, 7) is 0. The minimum absolute atomic E-state index is 0.652. The molecule has 0 aromatic carbocycles. The van der Waals surface area contributed by atoms with Crippen LogP contribution < -0.4 is 5.32 Å². The molecule has 0 aliphatic rings. The van der Waals surface area contributed by atoms with Crippen LogP contribution in [0.2, 0.25) is 0 Å². The van der Waals surface area contributed by atoms with Gasteiger partial charge in [-0.1, -0.05) is 0 Å². The molecule has 4 heteroatoms. The molecule has 0 atom stereocenters. The highest BCUT2D eigenvalue weighted by molar-refractivity contribution is 7.98. The SMILES string of the molecule is CSc1cc(NC=O)ccn1. The number of amides is 1. The number of aromatic nitrogens is 1. The normalized spacial score (nSPS) is 9.18. The lowest BCUT2D eigenvalue weighted by atomic mass is 10.4. The van der Waals surface area contributed by atoms with Crippen LogP contribution in [0.1, 0.15) is 0 Å². The summed E-state index contributed by atoms with van der Waals surface area (Å²) >= 11 is 1.54. The Morgan fingerprint density at radius 3 is 3.18 bits per heavy atom. The molecule has 0 aliphatic carbocycles. The lowest BCUT2D eigenvalue weighted by Gasteiger charge is -1.98. The lowest BCUT2D eigenvalue weighted by molar-refractivity contribution is -0.105. The van der Waals surface area contributed by atoms with Gasteiger partial charge in [-0.2, -0.15) is 0 Å². The molecule has 0 aliphatic heterocycles. The number of nitrogens with one attached hydrogen (secondary N) is 1. The second kappa shape index (κ2) is 3.98. The van der Waals surface area contributed by atoms with Crippen LogP contribution in [0.25, 0.3) is 0 Å². The lowest BCUT2D eigenvalue weighted by Crippen LogP contribution is -1.93. The van der Waals surface area contributed by atoms with Gasteiger partial charge >= 0.3 is 0 Å². The van der Waals surface area contributed by atoms with Gasteiger partial charge in [-0.15, -0.1) is 11.8 Å². The Bertz CT molecular complexity index is 252. The minimum Gasteiger partial charge on any atom is -0.329 e. The number of rotatable bonds is 3. The molecule has 1 N–H and O–H groups in total. The quantitative estimate of drug-likeness (QED) is 0.547. The van der Waals surface area contributed by atoms with Gasteiger partial charge in [0.2, 0.25) is 6.41 Å². The van der Waals surface area contributed by atoms with Crippen LogP contribution in [0.4, 0.5) is 5.69 Å². The summed E-state index contributed by atoms with van der Waals surface area (Å²) in [6.07, 6.45) is 4.25. The fourth-order valence-electron chi connectivity index (χ4n) is 0.679. The smallest absolute Gasteiger partial charge is 0.211 e. The Morgan fingerprint density at radius 1 is 1.73 bits per heavy atom. The fourth-order valence-corrected chi connectivity index (χ4v) is 1.09. The number of thioether (sulfide) groups is 1. The zero-order chi connectivity index (χ0) is 8.10. The first-order valence-electron chi connectivity index (χ1n) is 3.07. The van der Waals surface area contributed by atoms with E-state index < -0.39 is 0 Å². The van der Waals surface area contributed by atoms with Crippen LogP contribution in [-0.4, -0.2) is 17.6 Å². The largest absolute Gasteiger partial charge is 0.329 e. The average Bonchev–Trinajstić information content (AvgIpc) is 2.06. The maximum atomic E-state index is 10.0. The van der Waals surface area contributed by atoms with Gasteiger partial charge in [-0.3, -0.25) is 4.79 Å². The van der Waals surface area contributed by atoms with Crippen molar-refractivity contribution in [2.75, 3.05) is 11.6 Å². The van der Waals surface area contributed by atoms with E-state index >= 15 is 0 Å². The van der Waals surface area contributed by atoms with E-state index in [1.54, 1.807) is 24.0 Å².